The molecule has 0 aliphatic heterocycles. The number of nitrogens with one attached hydrogen (secondary N) is 4. The van der Waals surface area contributed by atoms with Crippen LogP contribution in [-0.2, 0) is 17.6 Å². The molecule has 13 nitrogen and oxygen atoms in total. The SMILES string of the molecule is COc1cccc(Nc2c(C(N)=O)cnc3c(C)cc(Cc4cccc(C(=O)Nc5ccc(CCCCOCCCCCCNC[C@H](O)c6ccc(O)c7[nH]c(=O)ccc67)cc5)c4)cc23)c1. The first-order chi connectivity index (χ1) is 32.1. The molecule has 1 atom stereocenters. The number of hydrogen-bond acceptors (Lipinski definition) is 10. The average molecular weight is 891 g/mol. The van der Waals surface area contributed by atoms with Crippen LogP contribution in [-0.4, -0.2) is 65.4 Å². The number of anilines is 3. The Kier molecular flexibility index (Phi) is 16.1. The Morgan fingerprint density at radius 3 is 2.39 bits per heavy atom. The Morgan fingerprint density at radius 1 is 0.803 bits per heavy atom. The zero-order valence-electron chi connectivity index (χ0n) is 37.5. The monoisotopic (exact) mass is 890 g/mol. The van der Waals surface area contributed by atoms with Crippen LogP contribution in [0.15, 0.2) is 120 Å². The van der Waals surface area contributed by atoms with E-state index in [-0.39, 0.29) is 22.8 Å². The molecule has 0 unspecified atom stereocenters. The number of aromatic hydroxyl groups is 1. The number of methoxy groups -OCH3 is 1. The van der Waals surface area contributed by atoms with Gasteiger partial charge in [0.15, 0.2) is 0 Å². The third kappa shape index (κ3) is 12.4. The molecular weight excluding hydrogens is 833 g/mol. The molecule has 0 aliphatic carbocycles. The summed E-state index contributed by atoms with van der Waals surface area (Å²) >= 11 is 0. The van der Waals surface area contributed by atoms with E-state index < -0.39 is 12.0 Å². The fraction of sp³-hybridized carbons (Fsp3) is 0.283. The fourth-order valence-electron chi connectivity index (χ4n) is 8.18. The number of nitrogens with two attached hydrogens (primary N) is 1. The molecule has 0 saturated carbocycles. The van der Waals surface area contributed by atoms with Crippen molar-refractivity contribution < 1.29 is 29.3 Å². The van der Waals surface area contributed by atoms with Crippen molar-refractivity contribution in [1.82, 2.24) is 15.3 Å². The number of fused-ring (bicyclic) bond motifs is 2. The molecule has 0 bridgehead atoms. The standard InChI is InChI=1S/C53H58N6O7/c1-34-27-37(30-44-49(34)56-32-45(52(54)63)50(44)57-40-14-10-15-41(31-40)65-2)28-36-12-9-13-38(29-36)53(64)58-39-18-16-35(17-19-39)11-5-8-26-66-25-7-4-3-6-24-55-33-47(61)42-20-22-46(60)51-43(42)21-23-48(62)59-51/h9-10,12-23,27,29-32,47,55,60-61H,3-8,11,24-26,28,33H2,1-2H3,(H2,54,63)(H,56,57)(H,58,64)(H,59,62)/t47-/m0/s1. The number of nitrogens with zero attached hydrogens (tertiary/aromatic N) is 1. The summed E-state index contributed by atoms with van der Waals surface area (Å²) in [7, 11) is 1.60. The first kappa shape index (κ1) is 46.9. The summed E-state index contributed by atoms with van der Waals surface area (Å²) in [5.41, 5.74) is 14.2. The van der Waals surface area contributed by atoms with Gasteiger partial charge in [0.05, 0.1) is 35.5 Å². The van der Waals surface area contributed by atoms with Crippen molar-refractivity contribution in [1.29, 1.82) is 0 Å². The van der Waals surface area contributed by atoms with E-state index in [1.807, 2.05) is 73.7 Å². The topological polar surface area (TPSA) is 201 Å². The fourth-order valence-corrected chi connectivity index (χ4v) is 8.18. The van der Waals surface area contributed by atoms with Crippen molar-refractivity contribution >= 4 is 50.7 Å². The van der Waals surface area contributed by atoms with Gasteiger partial charge in [0.1, 0.15) is 11.5 Å². The average Bonchev–Trinajstić information content (AvgIpc) is 3.31. The summed E-state index contributed by atoms with van der Waals surface area (Å²) in [4.78, 5) is 44.8. The van der Waals surface area contributed by atoms with Crippen LogP contribution in [0.5, 0.6) is 11.5 Å². The quantitative estimate of drug-likeness (QED) is 0.0304. The lowest BCUT2D eigenvalue weighted by Crippen LogP contribution is -2.22. The van der Waals surface area contributed by atoms with Crippen LogP contribution in [0.1, 0.15) is 93.2 Å². The van der Waals surface area contributed by atoms with Crippen LogP contribution in [0, 0.1) is 6.92 Å². The number of primary amides is 1. The molecule has 0 aliphatic rings. The number of aryl methyl sites for hydroxylation is 2. The van der Waals surface area contributed by atoms with E-state index in [4.69, 9.17) is 15.2 Å². The Labute approximate surface area is 384 Å². The maximum atomic E-state index is 13.4. The molecule has 8 N–H and O–H groups in total. The van der Waals surface area contributed by atoms with E-state index in [0.29, 0.717) is 46.4 Å². The smallest absolute Gasteiger partial charge is 0.255 e. The molecule has 7 aromatic rings. The number of rotatable bonds is 23. The van der Waals surface area contributed by atoms with E-state index in [1.165, 1.54) is 23.9 Å². The molecule has 0 radical (unpaired) electrons. The number of hydrogen-bond donors (Lipinski definition) is 7. The number of aliphatic hydroxyl groups excluding tert-OH is 1. The molecule has 2 aromatic heterocycles. The zero-order valence-corrected chi connectivity index (χ0v) is 37.5. The highest BCUT2D eigenvalue weighted by molar-refractivity contribution is 6.08. The van der Waals surface area contributed by atoms with Gasteiger partial charge in [-0.15, -0.1) is 0 Å². The van der Waals surface area contributed by atoms with Gasteiger partial charge in [0.25, 0.3) is 11.8 Å². The predicted molar refractivity (Wildman–Crippen MR) is 261 cm³/mol. The van der Waals surface area contributed by atoms with Gasteiger partial charge in [-0.3, -0.25) is 19.4 Å². The first-order valence-corrected chi connectivity index (χ1v) is 22.5. The molecule has 0 saturated heterocycles. The minimum Gasteiger partial charge on any atom is -0.506 e. The summed E-state index contributed by atoms with van der Waals surface area (Å²) < 4.78 is 11.3. The summed E-state index contributed by atoms with van der Waals surface area (Å²) in [5.74, 6) is -0.124. The number of aliphatic hydroxyl groups is 1. The Balaban J connectivity index is 0.802. The lowest BCUT2D eigenvalue weighted by Gasteiger charge is -2.16. The number of benzene rings is 5. The van der Waals surface area contributed by atoms with Crippen LogP contribution in [0.2, 0.25) is 0 Å². The molecular formula is C53H58N6O7. The lowest BCUT2D eigenvalue weighted by molar-refractivity contribution is 0.0998. The van der Waals surface area contributed by atoms with E-state index >= 15 is 0 Å². The summed E-state index contributed by atoms with van der Waals surface area (Å²) in [6, 6.07) is 33.3. The summed E-state index contributed by atoms with van der Waals surface area (Å²) in [6.45, 7) is 4.62. The molecule has 2 amide bonds. The number of amides is 2. The number of H-pyrrole nitrogens is 1. The van der Waals surface area contributed by atoms with E-state index in [1.54, 1.807) is 19.2 Å². The lowest BCUT2D eigenvalue weighted by atomic mass is 9.97. The van der Waals surface area contributed by atoms with Crippen molar-refractivity contribution in [3.63, 3.8) is 0 Å². The second-order valence-electron chi connectivity index (χ2n) is 16.6. The number of unbranched alkanes of at least 4 members (excludes halogenated alkanes) is 4. The molecule has 66 heavy (non-hydrogen) atoms. The highest BCUT2D eigenvalue weighted by Crippen LogP contribution is 2.33. The Bertz CT molecular complexity index is 2840. The number of phenols is 1. The molecule has 7 rings (SSSR count). The van der Waals surface area contributed by atoms with Gasteiger partial charge in [0.2, 0.25) is 5.56 Å². The molecule has 5 aromatic carbocycles. The third-order valence-corrected chi connectivity index (χ3v) is 11.6. The third-order valence-electron chi connectivity index (χ3n) is 11.6. The van der Waals surface area contributed by atoms with E-state index in [2.05, 4.69) is 44.1 Å². The molecule has 0 spiro atoms. The highest BCUT2D eigenvalue weighted by atomic mass is 16.5. The van der Waals surface area contributed by atoms with Gasteiger partial charge in [0, 0.05) is 65.8 Å². The summed E-state index contributed by atoms with van der Waals surface area (Å²) in [5, 5.41) is 31.9. The largest absolute Gasteiger partial charge is 0.506 e. The number of ether oxygens (including phenoxy) is 2. The van der Waals surface area contributed by atoms with Gasteiger partial charge in [-0.2, -0.15) is 0 Å². The van der Waals surface area contributed by atoms with E-state index in [9.17, 15) is 24.6 Å². The van der Waals surface area contributed by atoms with Crippen LogP contribution in [0.25, 0.3) is 21.8 Å². The highest BCUT2D eigenvalue weighted by Gasteiger charge is 2.18. The van der Waals surface area contributed by atoms with E-state index in [0.717, 1.165) is 104 Å². The van der Waals surface area contributed by atoms with Crippen LogP contribution >= 0.6 is 0 Å². The maximum Gasteiger partial charge on any atom is 0.255 e. The van der Waals surface area contributed by atoms with Crippen molar-refractivity contribution in [2.24, 2.45) is 5.73 Å². The van der Waals surface area contributed by atoms with Crippen molar-refractivity contribution in [3.05, 3.63) is 165 Å². The second-order valence-corrected chi connectivity index (χ2v) is 16.6. The number of phenolic OH excluding ortho intramolecular Hbond substituents is 1. The van der Waals surface area contributed by atoms with Gasteiger partial charge >= 0.3 is 0 Å². The van der Waals surface area contributed by atoms with Gasteiger partial charge in [-0.05, 0) is 134 Å². The predicted octanol–water partition coefficient (Wildman–Crippen LogP) is 9.01. The summed E-state index contributed by atoms with van der Waals surface area (Å²) in [6.07, 6.45) is 8.35. The number of aromatic nitrogens is 2. The normalized spacial score (nSPS) is 11.7. The number of aromatic amines is 1. The van der Waals surface area contributed by atoms with Crippen molar-refractivity contribution in [2.75, 3.05) is 44.0 Å². The first-order valence-electron chi connectivity index (χ1n) is 22.5. The zero-order chi connectivity index (χ0) is 46.4. The second kappa shape index (κ2) is 22.7. The Hall–Kier alpha value is -7.06. The molecule has 13 heteroatoms. The van der Waals surface area contributed by atoms with Crippen molar-refractivity contribution in [2.45, 2.75) is 64.4 Å². The minimum absolute atomic E-state index is 0.0207. The number of carbonyl (C=O) groups excluding carboxylic acids is 2. The molecule has 2 heterocycles. The number of pyridine rings is 2. The van der Waals surface area contributed by atoms with Crippen LogP contribution < -0.4 is 32.0 Å². The van der Waals surface area contributed by atoms with Gasteiger partial charge < -0.3 is 46.4 Å². The molecule has 342 valence electrons. The maximum absolute atomic E-state index is 13.4. The van der Waals surface area contributed by atoms with Crippen LogP contribution in [0.3, 0.4) is 0 Å². The van der Waals surface area contributed by atoms with Gasteiger partial charge in [-0.1, -0.05) is 55.3 Å². The Morgan fingerprint density at radius 2 is 1.59 bits per heavy atom. The van der Waals surface area contributed by atoms with Crippen LogP contribution in [0.4, 0.5) is 17.1 Å². The van der Waals surface area contributed by atoms with Crippen molar-refractivity contribution in [3.8, 4) is 11.5 Å². The number of carbonyl (C=O) groups is 2. The minimum atomic E-state index is -0.761. The molecule has 0 fully saturated rings. The van der Waals surface area contributed by atoms with Gasteiger partial charge in [-0.25, -0.2) is 0 Å².